The molecule has 0 radical (unpaired) electrons. The molecule has 4 N–H and O–H groups in total. The highest BCUT2D eigenvalue weighted by Crippen LogP contribution is 2.28. The molecule has 3 aromatic rings. The number of para-hydroxylation sites is 1. The summed E-state index contributed by atoms with van der Waals surface area (Å²) in [6, 6.07) is 8.06. The molecule has 2 aromatic heterocycles. The van der Waals surface area contributed by atoms with E-state index in [4.69, 9.17) is 5.73 Å². The molecule has 0 saturated carbocycles. The topological polar surface area (TPSA) is 115 Å². The summed E-state index contributed by atoms with van der Waals surface area (Å²) < 4.78 is 0.860. The zero-order chi connectivity index (χ0) is 19.1. The molecule has 0 amide bonds. The number of hydrogen-bond donors (Lipinski definition) is 3. The van der Waals surface area contributed by atoms with Crippen LogP contribution in [0.2, 0.25) is 0 Å². The zero-order valence-electron chi connectivity index (χ0n) is 15.3. The lowest BCUT2D eigenvalue weighted by Crippen LogP contribution is -2.07. The van der Waals surface area contributed by atoms with E-state index in [1.165, 1.54) is 28.7 Å². The number of thioether (sulfide) groups is 1. The second kappa shape index (κ2) is 9.47. The van der Waals surface area contributed by atoms with Gasteiger partial charge in [-0.2, -0.15) is 15.0 Å². The SMILES string of the molecule is CCCNc1nnc(SCc2nc(N)nc(Nc3ccccc3CC)n2)s1. The van der Waals surface area contributed by atoms with Crippen molar-refractivity contribution in [3.05, 3.63) is 35.7 Å². The molecular weight excluding hydrogens is 380 g/mol. The molecule has 0 atom stereocenters. The van der Waals surface area contributed by atoms with Crippen molar-refractivity contribution >= 4 is 45.8 Å². The first-order chi connectivity index (χ1) is 13.2. The summed E-state index contributed by atoms with van der Waals surface area (Å²) in [6.07, 6.45) is 1.96. The first-order valence-corrected chi connectivity index (χ1v) is 10.5. The Morgan fingerprint density at radius 1 is 1.11 bits per heavy atom. The van der Waals surface area contributed by atoms with Gasteiger partial charge in [0.15, 0.2) is 4.34 Å². The fraction of sp³-hybridized carbons (Fsp3) is 0.353. The standard InChI is InChI=1S/C17H22N8S2/c1-3-9-19-16-24-25-17(27-16)26-10-13-21-14(18)23-15(22-13)20-12-8-6-5-7-11(12)4-2/h5-8H,3-4,9-10H2,1-2H3,(H,19,24)(H3,18,20,21,22,23). The predicted molar refractivity (Wildman–Crippen MR) is 112 cm³/mol. The van der Waals surface area contributed by atoms with Crippen molar-refractivity contribution in [1.82, 2.24) is 25.1 Å². The second-order valence-electron chi connectivity index (χ2n) is 5.66. The summed E-state index contributed by atoms with van der Waals surface area (Å²) in [7, 11) is 0. The lowest BCUT2D eigenvalue weighted by molar-refractivity contribution is 0.949. The van der Waals surface area contributed by atoms with Crippen molar-refractivity contribution in [2.24, 2.45) is 0 Å². The van der Waals surface area contributed by atoms with E-state index in [1.807, 2.05) is 18.2 Å². The van der Waals surface area contributed by atoms with Crippen LogP contribution in [-0.4, -0.2) is 31.7 Å². The monoisotopic (exact) mass is 402 g/mol. The Labute approximate surface area is 166 Å². The van der Waals surface area contributed by atoms with Gasteiger partial charge in [0.05, 0.1) is 5.75 Å². The summed E-state index contributed by atoms with van der Waals surface area (Å²) in [4.78, 5) is 12.9. The minimum atomic E-state index is 0.194. The molecule has 0 unspecified atom stereocenters. The first-order valence-electron chi connectivity index (χ1n) is 8.73. The molecule has 0 spiro atoms. The van der Waals surface area contributed by atoms with Crippen molar-refractivity contribution in [3.63, 3.8) is 0 Å². The highest BCUT2D eigenvalue weighted by atomic mass is 32.2. The minimum Gasteiger partial charge on any atom is -0.368 e. The van der Waals surface area contributed by atoms with Crippen molar-refractivity contribution < 1.29 is 0 Å². The van der Waals surface area contributed by atoms with Gasteiger partial charge in [-0.05, 0) is 24.5 Å². The van der Waals surface area contributed by atoms with Gasteiger partial charge in [0.25, 0.3) is 0 Å². The van der Waals surface area contributed by atoms with Crippen molar-refractivity contribution in [1.29, 1.82) is 0 Å². The van der Waals surface area contributed by atoms with E-state index in [-0.39, 0.29) is 5.95 Å². The average molecular weight is 403 g/mol. The third kappa shape index (κ3) is 5.51. The van der Waals surface area contributed by atoms with Gasteiger partial charge in [-0.1, -0.05) is 55.1 Å². The van der Waals surface area contributed by atoms with Crippen molar-refractivity contribution in [2.75, 3.05) is 22.9 Å². The van der Waals surface area contributed by atoms with Crippen LogP contribution in [0.4, 0.5) is 22.7 Å². The maximum Gasteiger partial charge on any atom is 0.232 e. The van der Waals surface area contributed by atoms with Crippen LogP contribution in [0.3, 0.4) is 0 Å². The Balaban J connectivity index is 1.67. The molecule has 3 rings (SSSR count). The van der Waals surface area contributed by atoms with E-state index >= 15 is 0 Å². The molecular formula is C17H22N8S2. The third-order valence-corrected chi connectivity index (χ3v) is 5.61. The van der Waals surface area contributed by atoms with Crippen LogP contribution in [0.5, 0.6) is 0 Å². The number of nitrogens with two attached hydrogens (primary N) is 1. The summed E-state index contributed by atoms with van der Waals surface area (Å²) in [5, 5.41) is 15.6. The molecule has 8 nitrogen and oxygen atoms in total. The summed E-state index contributed by atoms with van der Waals surface area (Å²) in [6.45, 7) is 5.10. The Bertz CT molecular complexity index is 883. The molecule has 0 aliphatic heterocycles. The Hall–Kier alpha value is -2.46. The number of benzene rings is 1. The fourth-order valence-corrected chi connectivity index (χ4v) is 3.96. The Morgan fingerprint density at radius 3 is 2.78 bits per heavy atom. The van der Waals surface area contributed by atoms with Crippen LogP contribution in [0.1, 0.15) is 31.7 Å². The van der Waals surface area contributed by atoms with Gasteiger partial charge in [-0.15, -0.1) is 10.2 Å². The second-order valence-corrected chi connectivity index (χ2v) is 7.86. The van der Waals surface area contributed by atoms with E-state index in [0.717, 1.165) is 34.5 Å². The molecule has 1 aromatic carbocycles. The number of nitrogens with zero attached hydrogens (tertiary/aromatic N) is 5. The molecule has 0 aliphatic rings. The van der Waals surface area contributed by atoms with E-state index in [0.29, 0.717) is 17.5 Å². The van der Waals surface area contributed by atoms with E-state index in [9.17, 15) is 0 Å². The van der Waals surface area contributed by atoms with Crippen LogP contribution in [-0.2, 0) is 12.2 Å². The number of hydrogen-bond acceptors (Lipinski definition) is 10. The Kier molecular flexibility index (Phi) is 6.77. The van der Waals surface area contributed by atoms with Crippen LogP contribution in [0, 0.1) is 0 Å². The van der Waals surface area contributed by atoms with Crippen LogP contribution < -0.4 is 16.4 Å². The molecule has 0 aliphatic carbocycles. The number of nitrogens with one attached hydrogen (secondary N) is 2. The van der Waals surface area contributed by atoms with Crippen LogP contribution >= 0.6 is 23.1 Å². The molecule has 0 bridgehead atoms. The molecule has 0 fully saturated rings. The first kappa shape index (κ1) is 19.3. The number of rotatable bonds is 9. The predicted octanol–water partition coefficient (Wildman–Crippen LogP) is 3.73. The number of anilines is 4. The molecule has 2 heterocycles. The largest absolute Gasteiger partial charge is 0.368 e. The highest BCUT2D eigenvalue weighted by molar-refractivity contribution is 8.00. The summed E-state index contributed by atoms with van der Waals surface area (Å²) in [5.41, 5.74) is 8.03. The van der Waals surface area contributed by atoms with Crippen molar-refractivity contribution in [3.8, 4) is 0 Å². The lowest BCUT2D eigenvalue weighted by atomic mass is 10.1. The normalized spacial score (nSPS) is 10.7. The van der Waals surface area contributed by atoms with E-state index in [1.54, 1.807) is 0 Å². The van der Waals surface area contributed by atoms with Gasteiger partial charge in [0.2, 0.25) is 17.0 Å². The maximum atomic E-state index is 5.86. The van der Waals surface area contributed by atoms with Crippen LogP contribution in [0.15, 0.2) is 28.6 Å². The minimum absolute atomic E-state index is 0.194. The van der Waals surface area contributed by atoms with Gasteiger partial charge in [0.1, 0.15) is 5.82 Å². The maximum absolute atomic E-state index is 5.86. The summed E-state index contributed by atoms with van der Waals surface area (Å²) in [5.74, 6) is 1.78. The fourth-order valence-electron chi connectivity index (χ4n) is 2.33. The Morgan fingerprint density at radius 2 is 1.96 bits per heavy atom. The lowest BCUT2D eigenvalue weighted by Gasteiger charge is -2.10. The summed E-state index contributed by atoms with van der Waals surface area (Å²) >= 11 is 3.05. The van der Waals surface area contributed by atoms with E-state index < -0.39 is 0 Å². The number of aromatic nitrogens is 5. The quantitative estimate of drug-likeness (QED) is 0.460. The highest BCUT2D eigenvalue weighted by Gasteiger charge is 2.10. The molecule has 27 heavy (non-hydrogen) atoms. The third-order valence-electron chi connectivity index (χ3n) is 3.60. The average Bonchev–Trinajstić information content (AvgIpc) is 3.12. The van der Waals surface area contributed by atoms with Gasteiger partial charge >= 0.3 is 0 Å². The van der Waals surface area contributed by atoms with Gasteiger partial charge in [0, 0.05) is 12.2 Å². The zero-order valence-corrected chi connectivity index (χ0v) is 16.9. The molecule has 10 heteroatoms. The van der Waals surface area contributed by atoms with Crippen LogP contribution in [0.25, 0.3) is 0 Å². The molecule has 0 saturated heterocycles. The van der Waals surface area contributed by atoms with Gasteiger partial charge in [-0.25, -0.2) is 0 Å². The number of aryl methyl sites for hydroxylation is 1. The van der Waals surface area contributed by atoms with Crippen molar-refractivity contribution in [2.45, 2.75) is 36.8 Å². The smallest absolute Gasteiger partial charge is 0.232 e. The number of nitrogen functional groups attached to an aromatic ring is 1. The van der Waals surface area contributed by atoms with Gasteiger partial charge < -0.3 is 16.4 Å². The molecule has 142 valence electrons. The van der Waals surface area contributed by atoms with Gasteiger partial charge in [-0.3, -0.25) is 0 Å². The van der Waals surface area contributed by atoms with E-state index in [2.05, 4.69) is 55.7 Å².